The lowest BCUT2D eigenvalue weighted by Crippen LogP contribution is -2.22. The molecular weight excluding hydrogens is 190 g/mol. The second-order valence-electron chi connectivity index (χ2n) is 4.48. The number of imidazole rings is 1. The van der Waals surface area contributed by atoms with Crippen molar-refractivity contribution >= 4 is 11.0 Å². The first-order valence-electron chi connectivity index (χ1n) is 5.29. The highest BCUT2D eigenvalue weighted by atomic mass is 16.1. The van der Waals surface area contributed by atoms with E-state index in [1.807, 2.05) is 0 Å². The first kappa shape index (κ1) is 7.70. The summed E-state index contributed by atoms with van der Waals surface area (Å²) in [5.74, 6) is 1.34. The molecule has 1 saturated heterocycles. The summed E-state index contributed by atoms with van der Waals surface area (Å²) in [5.41, 5.74) is 4.58. The number of hydrogen-bond donors (Lipinski definition) is 3. The van der Waals surface area contributed by atoms with Gasteiger partial charge in [0.05, 0.1) is 11.0 Å². The van der Waals surface area contributed by atoms with Gasteiger partial charge in [0.15, 0.2) is 0 Å². The Kier molecular flexibility index (Phi) is 1.20. The smallest absolute Gasteiger partial charge is 0.315 e. The molecule has 4 rings (SSSR count). The van der Waals surface area contributed by atoms with Crippen LogP contribution in [0.4, 0.5) is 0 Å². The van der Waals surface area contributed by atoms with E-state index in [1.54, 1.807) is 0 Å². The molecule has 4 nitrogen and oxygen atoms in total. The van der Waals surface area contributed by atoms with Crippen LogP contribution in [-0.4, -0.2) is 23.1 Å². The molecule has 2 unspecified atom stereocenters. The van der Waals surface area contributed by atoms with E-state index in [9.17, 15) is 4.79 Å². The number of hydrogen-bond acceptors (Lipinski definition) is 2. The van der Waals surface area contributed by atoms with Gasteiger partial charge in [0.1, 0.15) is 0 Å². The molecule has 0 radical (unpaired) electrons. The lowest BCUT2D eigenvalue weighted by molar-refractivity contribution is 0.581. The molecule has 2 aromatic rings. The fraction of sp³-hybridized carbons (Fsp3) is 0.364. The molecule has 2 atom stereocenters. The summed E-state index contributed by atoms with van der Waals surface area (Å²) < 4.78 is 0. The van der Waals surface area contributed by atoms with Crippen molar-refractivity contribution in [2.24, 2.45) is 0 Å². The average molecular weight is 201 g/mol. The van der Waals surface area contributed by atoms with E-state index >= 15 is 0 Å². The summed E-state index contributed by atoms with van der Waals surface area (Å²) in [4.78, 5) is 16.8. The number of H-pyrrole nitrogens is 2. The lowest BCUT2D eigenvalue weighted by atomic mass is 9.70. The molecule has 2 heterocycles. The summed E-state index contributed by atoms with van der Waals surface area (Å²) >= 11 is 0. The fourth-order valence-electron chi connectivity index (χ4n) is 2.99. The summed E-state index contributed by atoms with van der Waals surface area (Å²) in [6, 6.07) is 4.24. The molecule has 1 fully saturated rings. The maximum atomic E-state index is 11.2. The highest BCUT2D eigenvalue weighted by molar-refractivity contribution is 5.78. The van der Waals surface area contributed by atoms with Crippen molar-refractivity contribution in [3.63, 3.8) is 0 Å². The molecule has 0 saturated carbocycles. The minimum Gasteiger partial charge on any atom is -0.315 e. The Morgan fingerprint density at radius 2 is 1.53 bits per heavy atom. The van der Waals surface area contributed by atoms with Crippen LogP contribution in [0, 0.1) is 0 Å². The van der Waals surface area contributed by atoms with Gasteiger partial charge in [-0.3, -0.25) is 0 Å². The average Bonchev–Trinajstić information content (AvgIpc) is 2.75. The van der Waals surface area contributed by atoms with E-state index in [4.69, 9.17) is 0 Å². The third-order valence-corrected chi connectivity index (χ3v) is 3.73. The zero-order valence-corrected chi connectivity index (χ0v) is 8.13. The lowest BCUT2D eigenvalue weighted by Gasteiger charge is -2.33. The van der Waals surface area contributed by atoms with Crippen LogP contribution < -0.4 is 11.0 Å². The third-order valence-electron chi connectivity index (χ3n) is 3.73. The molecule has 2 aliphatic rings. The predicted molar refractivity (Wildman–Crippen MR) is 57.3 cm³/mol. The number of nitrogens with one attached hydrogen (secondary N) is 3. The van der Waals surface area contributed by atoms with Gasteiger partial charge in [0, 0.05) is 24.9 Å². The summed E-state index contributed by atoms with van der Waals surface area (Å²) in [6.45, 7) is 2.16. The topological polar surface area (TPSA) is 60.7 Å². The standard InChI is InChI=1S/C11H11N3O/c15-11-13-9-1-5-6(2-10(9)14-11)8-4-12-3-7(5)8/h1-2,7-8,12H,3-4H2,(H2,13,14,15). The van der Waals surface area contributed by atoms with E-state index < -0.39 is 0 Å². The Hall–Kier alpha value is -1.55. The van der Waals surface area contributed by atoms with E-state index in [1.165, 1.54) is 11.1 Å². The van der Waals surface area contributed by atoms with Gasteiger partial charge < -0.3 is 15.3 Å². The van der Waals surface area contributed by atoms with Crippen molar-refractivity contribution in [2.75, 3.05) is 13.1 Å². The second kappa shape index (κ2) is 2.33. The van der Waals surface area contributed by atoms with E-state index in [0.717, 1.165) is 24.1 Å². The van der Waals surface area contributed by atoms with Gasteiger partial charge in [0.2, 0.25) is 0 Å². The van der Waals surface area contributed by atoms with Gasteiger partial charge >= 0.3 is 5.69 Å². The zero-order chi connectivity index (χ0) is 9.99. The van der Waals surface area contributed by atoms with Gasteiger partial charge in [-0.05, 0) is 23.3 Å². The van der Waals surface area contributed by atoms with Crippen LogP contribution in [0.25, 0.3) is 11.0 Å². The monoisotopic (exact) mass is 201 g/mol. The van der Waals surface area contributed by atoms with Crippen molar-refractivity contribution < 1.29 is 0 Å². The molecule has 76 valence electrons. The van der Waals surface area contributed by atoms with Crippen molar-refractivity contribution in [3.05, 3.63) is 33.7 Å². The highest BCUT2D eigenvalue weighted by Crippen LogP contribution is 2.49. The molecule has 15 heavy (non-hydrogen) atoms. The normalized spacial score (nSPS) is 27.5. The van der Waals surface area contributed by atoms with Crippen molar-refractivity contribution in [3.8, 4) is 0 Å². The van der Waals surface area contributed by atoms with Crippen molar-refractivity contribution in [1.82, 2.24) is 15.3 Å². The van der Waals surface area contributed by atoms with E-state index in [2.05, 4.69) is 27.4 Å². The van der Waals surface area contributed by atoms with Crippen LogP contribution in [0.1, 0.15) is 23.0 Å². The van der Waals surface area contributed by atoms with Gasteiger partial charge in [-0.25, -0.2) is 4.79 Å². The summed E-state index contributed by atoms with van der Waals surface area (Å²) in [6.07, 6.45) is 0. The number of fused-ring (bicyclic) bond motifs is 5. The van der Waals surface area contributed by atoms with E-state index in [0.29, 0.717) is 11.8 Å². The van der Waals surface area contributed by atoms with Crippen LogP contribution in [0.15, 0.2) is 16.9 Å². The minimum atomic E-state index is -0.113. The van der Waals surface area contributed by atoms with Gasteiger partial charge in [-0.15, -0.1) is 0 Å². The molecule has 0 spiro atoms. The molecule has 3 N–H and O–H groups in total. The van der Waals surface area contributed by atoms with Crippen molar-refractivity contribution in [1.29, 1.82) is 0 Å². The van der Waals surface area contributed by atoms with Crippen LogP contribution in [0.2, 0.25) is 0 Å². The molecule has 4 heteroatoms. The largest absolute Gasteiger partial charge is 0.323 e. The summed E-state index contributed by atoms with van der Waals surface area (Å²) in [5, 5.41) is 3.41. The Balaban J connectivity index is 2.02. The molecule has 0 amide bonds. The van der Waals surface area contributed by atoms with Gasteiger partial charge in [-0.2, -0.15) is 0 Å². The Labute approximate surface area is 85.7 Å². The molecular formula is C11H11N3O. The number of benzene rings is 1. The van der Waals surface area contributed by atoms with Crippen LogP contribution >= 0.6 is 0 Å². The molecule has 1 aliphatic heterocycles. The first-order valence-corrected chi connectivity index (χ1v) is 5.29. The predicted octanol–water partition coefficient (Wildman–Crippen LogP) is 0.640. The molecule has 1 aliphatic carbocycles. The Morgan fingerprint density at radius 3 is 2.07 bits per heavy atom. The molecule has 0 bridgehead atoms. The quantitative estimate of drug-likeness (QED) is 0.585. The van der Waals surface area contributed by atoms with Crippen LogP contribution in [-0.2, 0) is 0 Å². The highest BCUT2D eigenvalue weighted by Gasteiger charge is 2.41. The maximum Gasteiger partial charge on any atom is 0.323 e. The SMILES string of the molecule is O=c1[nH]c2cc3c(cc2[nH]1)C1CNCC31. The van der Waals surface area contributed by atoms with E-state index in [-0.39, 0.29) is 5.69 Å². The second-order valence-corrected chi connectivity index (χ2v) is 4.48. The van der Waals surface area contributed by atoms with Crippen LogP contribution in [0.5, 0.6) is 0 Å². The van der Waals surface area contributed by atoms with Crippen LogP contribution in [0.3, 0.4) is 0 Å². The van der Waals surface area contributed by atoms with Gasteiger partial charge in [0.25, 0.3) is 0 Å². The maximum absolute atomic E-state index is 11.2. The van der Waals surface area contributed by atoms with Gasteiger partial charge in [-0.1, -0.05) is 0 Å². The Bertz CT molecular complexity index is 560. The fourth-order valence-corrected chi connectivity index (χ4v) is 2.99. The zero-order valence-electron chi connectivity index (χ0n) is 8.13. The minimum absolute atomic E-state index is 0.113. The van der Waals surface area contributed by atoms with Crippen molar-refractivity contribution in [2.45, 2.75) is 11.8 Å². The molecule has 1 aromatic heterocycles. The number of rotatable bonds is 0. The third kappa shape index (κ3) is 0.831. The number of aromatic amines is 2. The molecule has 1 aromatic carbocycles. The Morgan fingerprint density at radius 1 is 1.00 bits per heavy atom. The summed E-state index contributed by atoms with van der Waals surface area (Å²) in [7, 11) is 0. The first-order chi connectivity index (χ1) is 7.33. The number of aromatic nitrogens is 2.